The average molecular weight is 242 g/mol. The molecule has 2 heteroatoms. The first kappa shape index (κ1) is 11.5. The Balaban J connectivity index is 2.05. The summed E-state index contributed by atoms with van der Waals surface area (Å²) in [6.45, 7) is 2.56. The minimum absolute atomic E-state index is 0.496. The van der Waals surface area contributed by atoms with Gasteiger partial charge in [0.1, 0.15) is 5.75 Å². The van der Waals surface area contributed by atoms with Gasteiger partial charge in [0.25, 0.3) is 0 Å². The first-order valence-electron chi connectivity index (χ1n) is 6.58. The zero-order valence-electron chi connectivity index (χ0n) is 10.6. The molecule has 0 heterocycles. The van der Waals surface area contributed by atoms with Crippen LogP contribution in [0.5, 0.6) is 5.75 Å². The SMILES string of the molecule is C[C@H](O)c1ccc2ccccc2c1OCC1CC1. The van der Waals surface area contributed by atoms with Crippen molar-refractivity contribution in [2.24, 2.45) is 5.92 Å². The van der Waals surface area contributed by atoms with Crippen LogP contribution < -0.4 is 4.74 Å². The number of aliphatic hydroxyl groups is 1. The van der Waals surface area contributed by atoms with Crippen LogP contribution in [-0.4, -0.2) is 11.7 Å². The highest BCUT2D eigenvalue weighted by molar-refractivity contribution is 5.89. The molecule has 0 bridgehead atoms. The fraction of sp³-hybridized carbons (Fsp3) is 0.375. The molecule has 0 radical (unpaired) electrons. The van der Waals surface area contributed by atoms with E-state index in [1.54, 1.807) is 6.92 Å². The zero-order chi connectivity index (χ0) is 12.5. The molecule has 0 amide bonds. The third-order valence-electron chi connectivity index (χ3n) is 3.52. The second-order valence-corrected chi connectivity index (χ2v) is 5.14. The molecule has 0 unspecified atom stereocenters. The molecule has 94 valence electrons. The lowest BCUT2D eigenvalue weighted by atomic mass is 10.0. The second kappa shape index (κ2) is 4.62. The number of ether oxygens (including phenoxy) is 1. The smallest absolute Gasteiger partial charge is 0.132 e. The van der Waals surface area contributed by atoms with Crippen LogP contribution in [0.15, 0.2) is 36.4 Å². The number of benzene rings is 2. The number of fused-ring (bicyclic) bond motifs is 1. The van der Waals surface area contributed by atoms with Gasteiger partial charge in [-0.25, -0.2) is 0 Å². The van der Waals surface area contributed by atoms with Gasteiger partial charge < -0.3 is 9.84 Å². The van der Waals surface area contributed by atoms with Crippen molar-refractivity contribution in [1.29, 1.82) is 0 Å². The van der Waals surface area contributed by atoms with Crippen molar-refractivity contribution in [1.82, 2.24) is 0 Å². The molecule has 3 rings (SSSR count). The van der Waals surface area contributed by atoms with Crippen molar-refractivity contribution in [2.75, 3.05) is 6.61 Å². The van der Waals surface area contributed by atoms with Gasteiger partial charge in [-0.3, -0.25) is 0 Å². The molecule has 1 saturated carbocycles. The van der Waals surface area contributed by atoms with Gasteiger partial charge in [0.2, 0.25) is 0 Å². The molecule has 1 atom stereocenters. The van der Waals surface area contributed by atoms with Gasteiger partial charge in [-0.05, 0) is 31.1 Å². The molecule has 0 saturated heterocycles. The van der Waals surface area contributed by atoms with Crippen molar-refractivity contribution in [2.45, 2.75) is 25.9 Å². The van der Waals surface area contributed by atoms with Crippen molar-refractivity contribution in [3.8, 4) is 5.75 Å². The summed E-state index contributed by atoms with van der Waals surface area (Å²) in [6.07, 6.45) is 2.05. The minimum Gasteiger partial charge on any atom is -0.492 e. The zero-order valence-corrected chi connectivity index (χ0v) is 10.6. The maximum absolute atomic E-state index is 9.86. The van der Waals surface area contributed by atoms with Crippen molar-refractivity contribution in [3.63, 3.8) is 0 Å². The molecule has 0 aromatic heterocycles. The quantitative estimate of drug-likeness (QED) is 0.886. The highest BCUT2D eigenvalue weighted by Gasteiger charge is 2.23. The highest BCUT2D eigenvalue weighted by atomic mass is 16.5. The first-order chi connectivity index (χ1) is 8.75. The van der Waals surface area contributed by atoms with Crippen molar-refractivity contribution < 1.29 is 9.84 Å². The average Bonchev–Trinajstić information content (AvgIpc) is 3.19. The van der Waals surface area contributed by atoms with E-state index in [4.69, 9.17) is 4.74 Å². The van der Waals surface area contributed by atoms with E-state index < -0.39 is 6.10 Å². The standard InChI is InChI=1S/C16H18O2/c1-11(17)14-9-8-13-4-2-3-5-15(13)16(14)18-10-12-6-7-12/h2-5,8-9,11-12,17H,6-7,10H2,1H3/t11-/m0/s1. The summed E-state index contributed by atoms with van der Waals surface area (Å²) in [4.78, 5) is 0. The predicted molar refractivity (Wildman–Crippen MR) is 72.8 cm³/mol. The van der Waals surface area contributed by atoms with E-state index in [0.29, 0.717) is 5.92 Å². The molecule has 0 aliphatic heterocycles. The molecule has 1 aliphatic rings. The first-order valence-corrected chi connectivity index (χ1v) is 6.58. The van der Waals surface area contributed by atoms with Gasteiger partial charge in [-0.15, -0.1) is 0 Å². The summed E-state index contributed by atoms with van der Waals surface area (Å²) in [6, 6.07) is 12.2. The Morgan fingerprint density at radius 3 is 2.72 bits per heavy atom. The molecule has 1 aliphatic carbocycles. The summed E-state index contributed by atoms with van der Waals surface area (Å²) in [5.74, 6) is 1.57. The van der Waals surface area contributed by atoms with E-state index in [0.717, 1.165) is 28.7 Å². The van der Waals surface area contributed by atoms with E-state index in [1.165, 1.54) is 12.8 Å². The molecule has 18 heavy (non-hydrogen) atoms. The lowest BCUT2D eigenvalue weighted by Crippen LogP contribution is -2.04. The summed E-state index contributed by atoms with van der Waals surface area (Å²) >= 11 is 0. The van der Waals surface area contributed by atoms with E-state index >= 15 is 0 Å². The molecule has 2 nitrogen and oxygen atoms in total. The van der Waals surface area contributed by atoms with E-state index in [-0.39, 0.29) is 0 Å². The van der Waals surface area contributed by atoms with Crippen LogP contribution in [0.25, 0.3) is 10.8 Å². The third-order valence-corrected chi connectivity index (χ3v) is 3.52. The van der Waals surface area contributed by atoms with Crippen LogP contribution in [0, 0.1) is 5.92 Å². The largest absolute Gasteiger partial charge is 0.492 e. The van der Waals surface area contributed by atoms with Gasteiger partial charge in [0.15, 0.2) is 0 Å². The molecule has 2 aromatic rings. The molecule has 2 aromatic carbocycles. The van der Waals surface area contributed by atoms with Gasteiger partial charge in [0.05, 0.1) is 12.7 Å². The Bertz CT molecular complexity index is 556. The second-order valence-electron chi connectivity index (χ2n) is 5.14. The Labute approximate surface area is 107 Å². The molecule has 0 spiro atoms. The van der Waals surface area contributed by atoms with E-state index in [2.05, 4.69) is 12.1 Å². The molecule has 1 N–H and O–H groups in total. The lowest BCUT2D eigenvalue weighted by Gasteiger charge is -2.16. The fourth-order valence-electron chi connectivity index (χ4n) is 2.24. The fourth-order valence-corrected chi connectivity index (χ4v) is 2.24. The van der Waals surface area contributed by atoms with Gasteiger partial charge in [-0.1, -0.05) is 36.4 Å². The minimum atomic E-state index is -0.496. The van der Waals surface area contributed by atoms with Crippen LogP contribution in [0.1, 0.15) is 31.4 Å². The number of hydrogen-bond donors (Lipinski definition) is 1. The summed E-state index contributed by atoms with van der Waals surface area (Å²) in [5.41, 5.74) is 0.884. The topological polar surface area (TPSA) is 29.5 Å². The van der Waals surface area contributed by atoms with E-state index in [1.807, 2.05) is 24.3 Å². The van der Waals surface area contributed by atoms with Crippen LogP contribution in [0.4, 0.5) is 0 Å². The summed E-state index contributed by atoms with van der Waals surface area (Å²) < 4.78 is 5.98. The lowest BCUT2D eigenvalue weighted by molar-refractivity contribution is 0.191. The molecular weight excluding hydrogens is 224 g/mol. The van der Waals surface area contributed by atoms with Crippen LogP contribution in [-0.2, 0) is 0 Å². The Morgan fingerprint density at radius 2 is 2.00 bits per heavy atom. The van der Waals surface area contributed by atoms with Crippen molar-refractivity contribution in [3.05, 3.63) is 42.0 Å². The molecular formula is C16H18O2. The van der Waals surface area contributed by atoms with Gasteiger partial charge >= 0.3 is 0 Å². The number of aliphatic hydroxyl groups excluding tert-OH is 1. The van der Waals surface area contributed by atoms with E-state index in [9.17, 15) is 5.11 Å². The Kier molecular flexibility index (Phi) is 2.96. The van der Waals surface area contributed by atoms with Crippen LogP contribution in [0.2, 0.25) is 0 Å². The van der Waals surface area contributed by atoms with Gasteiger partial charge in [-0.2, -0.15) is 0 Å². The Morgan fingerprint density at radius 1 is 1.22 bits per heavy atom. The Hall–Kier alpha value is -1.54. The number of rotatable bonds is 4. The normalized spacial score (nSPS) is 16.8. The van der Waals surface area contributed by atoms with Crippen LogP contribution >= 0.6 is 0 Å². The summed E-state index contributed by atoms with van der Waals surface area (Å²) in [5, 5.41) is 12.1. The predicted octanol–water partition coefficient (Wildman–Crippen LogP) is 3.68. The maximum Gasteiger partial charge on any atom is 0.132 e. The van der Waals surface area contributed by atoms with Crippen molar-refractivity contribution >= 4 is 10.8 Å². The maximum atomic E-state index is 9.86. The monoisotopic (exact) mass is 242 g/mol. The number of hydrogen-bond acceptors (Lipinski definition) is 2. The highest BCUT2D eigenvalue weighted by Crippen LogP contribution is 2.36. The molecule has 1 fully saturated rings. The summed E-state index contributed by atoms with van der Waals surface area (Å²) in [7, 11) is 0. The van der Waals surface area contributed by atoms with Crippen LogP contribution in [0.3, 0.4) is 0 Å². The third kappa shape index (κ3) is 2.21. The van der Waals surface area contributed by atoms with Gasteiger partial charge in [0, 0.05) is 10.9 Å².